The highest BCUT2D eigenvalue weighted by Crippen LogP contribution is 2.56. The molecule has 0 N–H and O–H groups in total. The van der Waals surface area contributed by atoms with E-state index in [9.17, 15) is 0 Å². The van der Waals surface area contributed by atoms with Crippen LogP contribution in [0.4, 0.5) is 0 Å². The first-order valence-corrected chi connectivity index (χ1v) is 11.9. The summed E-state index contributed by atoms with van der Waals surface area (Å²) in [4.78, 5) is 0. The highest BCUT2D eigenvalue weighted by atomic mass is 15.0. The van der Waals surface area contributed by atoms with Crippen LogP contribution < -0.4 is 0 Å². The van der Waals surface area contributed by atoms with Crippen LogP contribution in [0.5, 0.6) is 0 Å². The smallest absolute Gasteiger partial charge is 0.0754 e. The van der Waals surface area contributed by atoms with Crippen molar-refractivity contribution in [3.63, 3.8) is 0 Å². The molecule has 34 heavy (non-hydrogen) atoms. The minimum absolute atomic E-state index is 0.406. The number of para-hydroxylation sites is 3. The fourth-order valence-electron chi connectivity index (χ4n) is 6.57. The number of hydrogen-bond acceptors (Lipinski definition) is 0. The van der Waals surface area contributed by atoms with E-state index in [1.165, 1.54) is 60.9 Å². The maximum Gasteiger partial charge on any atom is 0.0754 e. The average Bonchev–Trinajstić information content (AvgIpc) is 3.17. The van der Waals surface area contributed by atoms with Crippen LogP contribution in [0.15, 0.2) is 115 Å². The lowest BCUT2D eigenvalue weighted by molar-refractivity contribution is 0.726. The first-order valence-electron chi connectivity index (χ1n) is 11.9. The number of fused-ring (bicyclic) bond motifs is 11. The Morgan fingerprint density at radius 2 is 1.00 bits per heavy atom. The molecule has 1 spiro atoms. The highest BCUT2D eigenvalue weighted by Gasteiger charge is 2.47. The summed E-state index contributed by atoms with van der Waals surface area (Å²) >= 11 is 0. The SMILES string of the molecule is C1=Cc2ccccc2C2(c3ccccc31)c1ccccc1-n1c3ccccc3c3cccc2c31. The van der Waals surface area contributed by atoms with Gasteiger partial charge in [-0.25, -0.2) is 0 Å². The van der Waals surface area contributed by atoms with Crippen molar-refractivity contribution >= 4 is 34.0 Å². The van der Waals surface area contributed by atoms with Crippen LogP contribution in [0, 0.1) is 0 Å². The van der Waals surface area contributed by atoms with E-state index in [0.29, 0.717) is 0 Å². The van der Waals surface area contributed by atoms with Gasteiger partial charge in [-0.2, -0.15) is 0 Å². The van der Waals surface area contributed by atoms with Crippen molar-refractivity contribution in [1.82, 2.24) is 4.57 Å². The Balaban J connectivity index is 1.71. The third-order valence-electron chi connectivity index (χ3n) is 7.82. The van der Waals surface area contributed by atoms with Gasteiger partial charge in [0.25, 0.3) is 0 Å². The van der Waals surface area contributed by atoms with E-state index in [1.54, 1.807) is 0 Å². The topological polar surface area (TPSA) is 4.93 Å². The summed E-state index contributed by atoms with van der Waals surface area (Å²) in [7, 11) is 0. The van der Waals surface area contributed by atoms with E-state index in [1.807, 2.05) is 0 Å². The molecule has 2 heterocycles. The molecule has 0 atom stereocenters. The number of hydrogen-bond donors (Lipinski definition) is 0. The van der Waals surface area contributed by atoms with Crippen molar-refractivity contribution in [3.05, 3.63) is 149 Å². The number of rotatable bonds is 0. The van der Waals surface area contributed by atoms with E-state index in [4.69, 9.17) is 0 Å². The molecule has 1 heteroatoms. The van der Waals surface area contributed by atoms with Crippen molar-refractivity contribution < 1.29 is 0 Å². The molecular weight excluding hydrogens is 410 g/mol. The second-order valence-electron chi connectivity index (χ2n) is 9.33. The molecule has 0 saturated carbocycles. The zero-order chi connectivity index (χ0) is 22.3. The van der Waals surface area contributed by atoms with Gasteiger partial charge >= 0.3 is 0 Å². The molecule has 0 fully saturated rings. The van der Waals surface area contributed by atoms with Gasteiger partial charge in [-0.3, -0.25) is 0 Å². The van der Waals surface area contributed by atoms with E-state index in [0.717, 1.165) is 0 Å². The number of nitrogens with zero attached hydrogens (tertiary/aromatic N) is 1. The van der Waals surface area contributed by atoms with E-state index in [2.05, 4.69) is 132 Å². The van der Waals surface area contributed by atoms with Gasteiger partial charge in [-0.1, -0.05) is 115 Å². The first-order chi connectivity index (χ1) is 16.9. The van der Waals surface area contributed by atoms with E-state index < -0.39 is 5.41 Å². The van der Waals surface area contributed by atoms with Gasteiger partial charge in [-0.05, 0) is 45.5 Å². The van der Waals surface area contributed by atoms with Crippen molar-refractivity contribution in [1.29, 1.82) is 0 Å². The summed E-state index contributed by atoms with van der Waals surface area (Å²) in [5.41, 5.74) is 11.3. The minimum Gasteiger partial charge on any atom is -0.309 e. The van der Waals surface area contributed by atoms with Crippen LogP contribution in [0.1, 0.15) is 33.4 Å². The van der Waals surface area contributed by atoms with Crippen molar-refractivity contribution in [3.8, 4) is 5.69 Å². The molecule has 6 aromatic rings. The zero-order valence-electron chi connectivity index (χ0n) is 18.6. The molecule has 2 aliphatic rings. The molecule has 1 aliphatic heterocycles. The monoisotopic (exact) mass is 431 g/mol. The predicted molar refractivity (Wildman–Crippen MR) is 142 cm³/mol. The Hall–Kier alpha value is -4.36. The van der Waals surface area contributed by atoms with Gasteiger partial charge in [0.15, 0.2) is 0 Å². The number of benzene rings is 5. The Morgan fingerprint density at radius 1 is 0.441 bits per heavy atom. The Labute approximate surface area is 198 Å². The predicted octanol–water partition coefficient (Wildman–Crippen LogP) is 7.96. The molecule has 0 bridgehead atoms. The Morgan fingerprint density at radius 3 is 1.76 bits per heavy atom. The molecule has 5 aromatic carbocycles. The molecule has 1 aliphatic carbocycles. The molecular formula is C33H21N. The van der Waals surface area contributed by atoms with Gasteiger partial charge in [0.1, 0.15) is 0 Å². The normalized spacial score (nSPS) is 14.6. The standard InChI is InChI=1S/C33H21N/c1-4-14-26-22(10-1)20-21-23-11-2-5-15-27(23)33(26)28-16-6-8-19-31(28)34-30-18-7-3-12-24(30)25-13-9-17-29(33)32(25)34/h1-21H. The zero-order valence-corrected chi connectivity index (χ0v) is 18.6. The van der Waals surface area contributed by atoms with Crippen LogP contribution in [-0.2, 0) is 5.41 Å². The molecule has 158 valence electrons. The second kappa shape index (κ2) is 6.36. The van der Waals surface area contributed by atoms with E-state index in [-0.39, 0.29) is 0 Å². The molecule has 8 rings (SSSR count). The summed E-state index contributed by atoms with van der Waals surface area (Å²) in [6.07, 6.45) is 4.58. The molecule has 0 saturated heterocycles. The van der Waals surface area contributed by atoms with Crippen molar-refractivity contribution in [2.45, 2.75) is 5.41 Å². The average molecular weight is 432 g/mol. The third kappa shape index (κ3) is 2.02. The molecule has 1 aromatic heterocycles. The molecule has 0 radical (unpaired) electrons. The van der Waals surface area contributed by atoms with Gasteiger partial charge in [0.2, 0.25) is 0 Å². The summed E-state index contributed by atoms with van der Waals surface area (Å²) in [5.74, 6) is 0. The van der Waals surface area contributed by atoms with Crippen LogP contribution in [0.25, 0.3) is 39.6 Å². The maximum atomic E-state index is 2.49. The largest absolute Gasteiger partial charge is 0.309 e. The fourth-order valence-corrected chi connectivity index (χ4v) is 6.57. The lowest BCUT2D eigenvalue weighted by Crippen LogP contribution is -2.36. The fraction of sp³-hybridized carbons (Fsp3) is 0.0303. The second-order valence-corrected chi connectivity index (χ2v) is 9.33. The molecule has 0 unspecified atom stereocenters. The summed E-state index contributed by atoms with van der Waals surface area (Å²) in [5, 5.41) is 2.62. The van der Waals surface area contributed by atoms with E-state index >= 15 is 0 Å². The Bertz CT molecular complexity index is 1760. The minimum atomic E-state index is -0.406. The lowest BCUT2D eigenvalue weighted by atomic mass is 9.62. The quantitative estimate of drug-likeness (QED) is 0.229. The van der Waals surface area contributed by atoms with Crippen LogP contribution in [0.3, 0.4) is 0 Å². The highest BCUT2D eigenvalue weighted by molar-refractivity contribution is 6.12. The third-order valence-corrected chi connectivity index (χ3v) is 7.82. The lowest BCUT2D eigenvalue weighted by Gasteiger charge is -2.42. The molecule has 0 amide bonds. The van der Waals surface area contributed by atoms with Crippen LogP contribution in [-0.4, -0.2) is 4.57 Å². The summed E-state index contributed by atoms with van der Waals surface area (Å²) in [6.45, 7) is 0. The number of aromatic nitrogens is 1. The van der Waals surface area contributed by atoms with Crippen LogP contribution >= 0.6 is 0 Å². The van der Waals surface area contributed by atoms with Gasteiger partial charge in [-0.15, -0.1) is 0 Å². The summed E-state index contributed by atoms with van der Waals surface area (Å²) in [6, 6.07) is 42.6. The Kier molecular flexibility index (Phi) is 3.39. The first kappa shape index (κ1) is 18.1. The van der Waals surface area contributed by atoms with Crippen LogP contribution in [0.2, 0.25) is 0 Å². The summed E-state index contributed by atoms with van der Waals surface area (Å²) < 4.78 is 2.49. The van der Waals surface area contributed by atoms with Gasteiger partial charge in [0.05, 0.1) is 22.1 Å². The van der Waals surface area contributed by atoms with Gasteiger partial charge < -0.3 is 4.57 Å². The molecule has 1 nitrogen and oxygen atoms in total. The van der Waals surface area contributed by atoms with Crippen molar-refractivity contribution in [2.24, 2.45) is 0 Å². The maximum absolute atomic E-state index is 2.49. The van der Waals surface area contributed by atoms with Gasteiger partial charge in [0, 0.05) is 10.8 Å². The van der Waals surface area contributed by atoms with Crippen molar-refractivity contribution in [2.75, 3.05) is 0 Å².